The van der Waals surface area contributed by atoms with Crippen molar-refractivity contribution in [3.05, 3.63) is 33.8 Å². The number of halogens is 1. The van der Waals surface area contributed by atoms with Crippen LogP contribution in [0.25, 0.3) is 0 Å². The lowest BCUT2D eigenvalue weighted by molar-refractivity contribution is 0.573. The van der Waals surface area contributed by atoms with E-state index in [0.717, 1.165) is 42.8 Å². The standard InChI is InChI=1S/C14H22BrN5/c1-4-6-16-7-12-8-17-19(9-12)10-13-14(15)11(3)18-20(13)5-2/h8-9,16H,4-7,10H2,1-3H3. The number of aromatic nitrogens is 4. The monoisotopic (exact) mass is 339 g/mol. The minimum absolute atomic E-state index is 0.739. The summed E-state index contributed by atoms with van der Waals surface area (Å²) in [7, 11) is 0. The van der Waals surface area contributed by atoms with Crippen LogP contribution in [-0.4, -0.2) is 26.1 Å². The predicted octanol–water partition coefficient (Wildman–Crippen LogP) is 2.72. The van der Waals surface area contributed by atoms with Gasteiger partial charge >= 0.3 is 0 Å². The van der Waals surface area contributed by atoms with Gasteiger partial charge in [-0.25, -0.2) is 0 Å². The van der Waals surface area contributed by atoms with E-state index in [1.54, 1.807) is 0 Å². The highest BCUT2D eigenvalue weighted by Gasteiger charge is 2.12. The maximum absolute atomic E-state index is 4.51. The van der Waals surface area contributed by atoms with Gasteiger partial charge in [-0.2, -0.15) is 10.2 Å². The van der Waals surface area contributed by atoms with Crippen LogP contribution in [0.5, 0.6) is 0 Å². The van der Waals surface area contributed by atoms with Gasteiger partial charge in [-0.05, 0) is 42.7 Å². The fourth-order valence-electron chi connectivity index (χ4n) is 2.17. The number of aryl methyl sites for hydroxylation is 2. The number of hydrogen-bond acceptors (Lipinski definition) is 3. The van der Waals surface area contributed by atoms with Crippen molar-refractivity contribution in [1.82, 2.24) is 24.9 Å². The quantitative estimate of drug-likeness (QED) is 0.789. The van der Waals surface area contributed by atoms with Crippen LogP contribution in [0.1, 0.15) is 37.2 Å². The summed E-state index contributed by atoms with van der Waals surface area (Å²) in [6.45, 7) is 9.81. The highest BCUT2D eigenvalue weighted by Crippen LogP contribution is 2.21. The van der Waals surface area contributed by atoms with Gasteiger partial charge in [-0.3, -0.25) is 9.36 Å². The van der Waals surface area contributed by atoms with E-state index in [1.807, 2.05) is 22.5 Å². The summed E-state index contributed by atoms with van der Waals surface area (Å²) >= 11 is 3.62. The first-order valence-corrected chi connectivity index (χ1v) is 7.88. The Labute approximate surface area is 128 Å². The minimum atomic E-state index is 0.739. The molecule has 1 N–H and O–H groups in total. The van der Waals surface area contributed by atoms with Crippen LogP contribution in [0, 0.1) is 6.92 Å². The molecule has 0 bridgehead atoms. The fourth-order valence-corrected chi connectivity index (χ4v) is 2.58. The Bertz CT molecular complexity index is 558. The molecule has 0 atom stereocenters. The van der Waals surface area contributed by atoms with E-state index in [4.69, 9.17) is 0 Å². The first-order valence-electron chi connectivity index (χ1n) is 7.09. The van der Waals surface area contributed by atoms with E-state index in [9.17, 15) is 0 Å². The van der Waals surface area contributed by atoms with Crippen molar-refractivity contribution in [3.63, 3.8) is 0 Å². The Kier molecular flexibility index (Phi) is 5.37. The molecule has 2 heterocycles. The van der Waals surface area contributed by atoms with Crippen LogP contribution < -0.4 is 5.32 Å². The lowest BCUT2D eigenvalue weighted by Gasteiger charge is -2.05. The molecule has 0 aliphatic heterocycles. The van der Waals surface area contributed by atoms with E-state index >= 15 is 0 Å². The van der Waals surface area contributed by atoms with Gasteiger partial charge in [0.1, 0.15) is 0 Å². The molecule has 20 heavy (non-hydrogen) atoms. The van der Waals surface area contributed by atoms with Crippen LogP contribution in [0.2, 0.25) is 0 Å². The second kappa shape index (κ2) is 7.04. The molecule has 110 valence electrons. The summed E-state index contributed by atoms with van der Waals surface area (Å²) in [6, 6.07) is 0. The molecule has 0 spiro atoms. The Morgan fingerprint density at radius 2 is 2.15 bits per heavy atom. The molecular formula is C14H22BrN5. The number of rotatable bonds is 7. The molecular weight excluding hydrogens is 318 g/mol. The zero-order valence-corrected chi connectivity index (χ0v) is 13.9. The second-order valence-electron chi connectivity index (χ2n) is 4.88. The maximum atomic E-state index is 4.51. The summed E-state index contributed by atoms with van der Waals surface area (Å²) in [4.78, 5) is 0. The third-order valence-corrected chi connectivity index (χ3v) is 4.24. The topological polar surface area (TPSA) is 47.7 Å². The number of nitrogens with zero attached hydrogens (tertiary/aromatic N) is 4. The van der Waals surface area contributed by atoms with E-state index in [2.05, 4.69) is 51.5 Å². The van der Waals surface area contributed by atoms with Gasteiger partial charge in [-0.15, -0.1) is 0 Å². The molecule has 0 aliphatic carbocycles. The molecule has 6 heteroatoms. The van der Waals surface area contributed by atoms with Gasteiger partial charge in [-0.1, -0.05) is 6.92 Å². The van der Waals surface area contributed by atoms with Crippen molar-refractivity contribution >= 4 is 15.9 Å². The average Bonchev–Trinajstić information content (AvgIpc) is 2.99. The van der Waals surface area contributed by atoms with Crippen molar-refractivity contribution in [2.45, 2.75) is 46.8 Å². The third kappa shape index (κ3) is 3.49. The Morgan fingerprint density at radius 3 is 2.85 bits per heavy atom. The molecule has 0 aliphatic rings. The van der Waals surface area contributed by atoms with Gasteiger partial charge in [0.05, 0.1) is 28.6 Å². The summed E-state index contributed by atoms with van der Waals surface area (Å²) in [5.74, 6) is 0. The third-order valence-electron chi connectivity index (χ3n) is 3.21. The lowest BCUT2D eigenvalue weighted by Crippen LogP contribution is -2.13. The van der Waals surface area contributed by atoms with Gasteiger partial charge in [0.15, 0.2) is 0 Å². The van der Waals surface area contributed by atoms with Crippen molar-refractivity contribution in [1.29, 1.82) is 0 Å². The Morgan fingerprint density at radius 1 is 1.35 bits per heavy atom. The number of hydrogen-bond donors (Lipinski definition) is 1. The summed E-state index contributed by atoms with van der Waals surface area (Å²) < 4.78 is 5.08. The second-order valence-corrected chi connectivity index (χ2v) is 5.68. The molecule has 2 aromatic rings. The van der Waals surface area contributed by atoms with Gasteiger partial charge in [0.2, 0.25) is 0 Å². The van der Waals surface area contributed by atoms with Gasteiger partial charge < -0.3 is 5.32 Å². The first kappa shape index (κ1) is 15.3. The summed E-state index contributed by atoms with van der Waals surface area (Å²) in [6.07, 6.45) is 5.17. The molecule has 5 nitrogen and oxygen atoms in total. The Balaban J connectivity index is 2.07. The average molecular weight is 340 g/mol. The molecule has 0 amide bonds. The SMILES string of the molecule is CCCNCc1cnn(Cc2c(Br)c(C)nn2CC)c1. The highest BCUT2D eigenvalue weighted by atomic mass is 79.9. The van der Waals surface area contributed by atoms with Crippen LogP contribution >= 0.6 is 15.9 Å². The van der Waals surface area contributed by atoms with Crippen LogP contribution in [0.3, 0.4) is 0 Å². The van der Waals surface area contributed by atoms with Gasteiger partial charge in [0.25, 0.3) is 0 Å². The number of nitrogens with one attached hydrogen (secondary N) is 1. The fraction of sp³-hybridized carbons (Fsp3) is 0.571. The van der Waals surface area contributed by atoms with E-state index in [1.165, 1.54) is 11.3 Å². The van der Waals surface area contributed by atoms with E-state index in [-0.39, 0.29) is 0 Å². The zero-order valence-electron chi connectivity index (χ0n) is 12.4. The van der Waals surface area contributed by atoms with E-state index < -0.39 is 0 Å². The Hall–Kier alpha value is -1.14. The van der Waals surface area contributed by atoms with Crippen molar-refractivity contribution < 1.29 is 0 Å². The molecule has 2 rings (SSSR count). The van der Waals surface area contributed by atoms with Crippen LogP contribution in [0.4, 0.5) is 0 Å². The molecule has 0 radical (unpaired) electrons. The molecule has 0 fully saturated rings. The van der Waals surface area contributed by atoms with Gasteiger partial charge in [0, 0.05) is 24.8 Å². The van der Waals surface area contributed by atoms with Crippen molar-refractivity contribution in [2.75, 3.05) is 6.54 Å². The highest BCUT2D eigenvalue weighted by molar-refractivity contribution is 9.10. The largest absolute Gasteiger partial charge is 0.313 e. The molecule has 0 saturated heterocycles. The summed E-state index contributed by atoms with van der Waals surface area (Å²) in [5.41, 5.74) is 3.41. The van der Waals surface area contributed by atoms with Crippen LogP contribution in [-0.2, 0) is 19.6 Å². The molecule has 0 unspecified atom stereocenters. The normalized spacial score (nSPS) is 11.2. The van der Waals surface area contributed by atoms with Crippen molar-refractivity contribution in [3.8, 4) is 0 Å². The summed E-state index contributed by atoms with van der Waals surface area (Å²) in [5, 5.41) is 12.3. The molecule has 0 aromatic carbocycles. The van der Waals surface area contributed by atoms with Crippen LogP contribution in [0.15, 0.2) is 16.9 Å². The zero-order chi connectivity index (χ0) is 14.5. The predicted molar refractivity (Wildman–Crippen MR) is 83.7 cm³/mol. The molecule has 0 saturated carbocycles. The lowest BCUT2D eigenvalue weighted by atomic mass is 10.3. The molecule has 2 aromatic heterocycles. The smallest absolute Gasteiger partial charge is 0.0839 e. The first-order chi connectivity index (χ1) is 9.65. The van der Waals surface area contributed by atoms with E-state index in [0.29, 0.717) is 0 Å². The minimum Gasteiger partial charge on any atom is -0.313 e. The van der Waals surface area contributed by atoms with Crippen molar-refractivity contribution in [2.24, 2.45) is 0 Å². The maximum Gasteiger partial charge on any atom is 0.0839 e.